The van der Waals surface area contributed by atoms with Crippen molar-refractivity contribution in [1.82, 2.24) is 0 Å². The van der Waals surface area contributed by atoms with Gasteiger partial charge in [0.1, 0.15) is 6.10 Å². The van der Waals surface area contributed by atoms with Gasteiger partial charge in [0.05, 0.1) is 12.2 Å². The summed E-state index contributed by atoms with van der Waals surface area (Å²) in [6.07, 6.45) is 5.57. The third kappa shape index (κ3) is 9.62. The van der Waals surface area contributed by atoms with Gasteiger partial charge in [0.15, 0.2) is 0 Å². The second-order valence-electron chi connectivity index (χ2n) is 15.1. The fourth-order valence-corrected chi connectivity index (χ4v) is 11.8. The van der Waals surface area contributed by atoms with Crippen LogP contribution < -0.4 is 64.0 Å². The molecule has 1 N–H and O–H groups in total. The van der Waals surface area contributed by atoms with E-state index in [1.807, 2.05) is 0 Å². The van der Waals surface area contributed by atoms with E-state index >= 15 is 0 Å². The fraction of sp³-hybridized carbons (Fsp3) is 0.968. The van der Waals surface area contributed by atoms with Crippen molar-refractivity contribution in [1.29, 1.82) is 0 Å². The van der Waals surface area contributed by atoms with Gasteiger partial charge in [0.25, 0.3) is 7.82 Å². The van der Waals surface area contributed by atoms with Gasteiger partial charge in [-0.05, 0) is 116 Å². The number of esters is 1. The molecule has 6 unspecified atom stereocenters. The number of rotatable bonds is 11. The molecule has 4 aliphatic carbocycles. The summed E-state index contributed by atoms with van der Waals surface area (Å²) in [5, 5.41) is 0. The number of carbonyl (C=O) groups is 1. The van der Waals surface area contributed by atoms with E-state index in [9.17, 15) is 32.1 Å². The Bertz CT molecular complexity index is 1170. The quantitative estimate of drug-likeness (QED) is 0.0990. The van der Waals surface area contributed by atoms with Crippen LogP contribution in [0.2, 0.25) is 0 Å². The Labute approximate surface area is 315 Å². The van der Waals surface area contributed by atoms with Crippen molar-refractivity contribution in [3.63, 3.8) is 0 Å². The van der Waals surface area contributed by atoms with Gasteiger partial charge in [-0.15, -0.1) is 0 Å². The number of carbonyl (C=O) groups excluding carboxylic acids is 1. The normalized spacial score (nSPS) is 39.5. The Morgan fingerprint density at radius 2 is 1.60 bits per heavy atom. The van der Waals surface area contributed by atoms with Crippen molar-refractivity contribution in [3.8, 4) is 0 Å². The van der Waals surface area contributed by atoms with E-state index in [0.717, 1.165) is 38.5 Å². The summed E-state index contributed by atoms with van der Waals surface area (Å²) in [5.41, 5.74) is -0.379. The van der Waals surface area contributed by atoms with Crippen LogP contribution in [0.3, 0.4) is 0 Å². The van der Waals surface area contributed by atoms with Crippen LogP contribution in [0, 0.1) is 58.2 Å². The first-order chi connectivity index (χ1) is 19.8. The molecule has 0 saturated heterocycles. The Kier molecular flexibility index (Phi) is 15.3. The minimum atomic E-state index is -5.08. The maximum Gasteiger partial charge on any atom is 1.00 e. The molecule has 0 aromatic rings. The molecular weight excluding hydrogens is 641 g/mol. The first kappa shape index (κ1) is 42.6. The molecule has 0 aromatic heterocycles. The van der Waals surface area contributed by atoms with Gasteiger partial charge in [0.2, 0.25) is 10.4 Å². The van der Waals surface area contributed by atoms with E-state index in [2.05, 4.69) is 41.5 Å². The number of phosphoric ester groups is 1. The average Bonchev–Trinajstić information content (AvgIpc) is 3.22. The van der Waals surface area contributed by atoms with Crippen LogP contribution in [0.5, 0.6) is 0 Å². The molecule has 0 spiro atoms. The van der Waals surface area contributed by atoms with Gasteiger partial charge in [-0.25, -0.2) is 8.42 Å². The summed E-state index contributed by atoms with van der Waals surface area (Å²) in [5.74, 6) is 1.58. The predicted molar refractivity (Wildman–Crippen MR) is 158 cm³/mol. The first-order valence-electron chi connectivity index (χ1n) is 16.3. The Balaban J connectivity index is 0.00000353. The molecule has 4 saturated carbocycles. The van der Waals surface area contributed by atoms with E-state index < -0.39 is 30.4 Å². The van der Waals surface area contributed by atoms with Crippen molar-refractivity contribution in [2.75, 3.05) is 0 Å². The number of fused-ring (bicyclic) bond motifs is 5. The molecule has 10 nitrogen and oxygen atoms in total. The predicted octanol–water partition coefficient (Wildman–Crippen LogP) is -0.405. The zero-order valence-electron chi connectivity index (χ0n) is 28.9. The van der Waals surface area contributed by atoms with Crippen LogP contribution in [-0.4, -0.2) is 42.1 Å². The molecule has 0 radical (unpaired) electrons. The SMILES string of the molecule is CCC(C[C@@H](OC(C)=O)[C@@H](C)[C@H]1CCC2C3C[C@H](OP(=O)([O-])O)C4C[C@@H](OS(=O)(=O)[O-])CC[C@]4(C)C3CC[C@@]21C)C(C)C.[Na+].[Na+]. The topological polar surface area (TPSA) is 162 Å². The molecule has 0 heterocycles. The van der Waals surface area contributed by atoms with Gasteiger partial charge in [-0.1, -0.05) is 48.0 Å². The standard InChI is InChI=1S/C31H55O10PS.2Na/c1-8-21(18(2)3)15-28(39-20(5)32)19(4)24-9-10-25-23-17-29(40-42(33,34)35)27-16-22(41-43(36,37)38)11-13-31(27,7)26(23)12-14-30(24,25)6;;/h18-19,21-29H,8-17H2,1-7H3,(H2,33,34,35)(H,36,37,38);;/q;2*+1/p-2/t19-,21?,22-,23?,24+,25?,26?,27?,28+,29-,30+,31+;;/m0../s1. The van der Waals surface area contributed by atoms with E-state index in [4.69, 9.17) is 13.4 Å². The zero-order chi connectivity index (χ0) is 32.1. The maximum absolute atomic E-state index is 12.2. The second kappa shape index (κ2) is 16.2. The van der Waals surface area contributed by atoms with E-state index in [0.29, 0.717) is 42.9 Å². The molecule has 0 aromatic carbocycles. The summed E-state index contributed by atoms with van der Waals surface area (Å²) >= 11 is 0. The van der Waals surface area contributed by atoms with Crippen molar-refractivity contribution in [2.24, 2.45) is 58.2 Å². The minimum Gasteiger partial charge on any atom is -0.756 e. The smallest absolute Gasteiger partial charge is 0.756 e. The third-order valence-electron chi connectivity index (χ3n) is 12.7. The fourth-order valence-electron chi connectivity index (χ4n) is 10.7. The molecule has 0 aliphatic heterocycles. The molecule has 4 fully saturated rings. The summed E-state index contributed by atoms with van der Waals surface area (Å²) in [7, 11) is -9.99. The molecule has 250 valence electrons. The van der Waals surface area contributed by atoms with Crippen LogP contribution in [0.25, 0.3) is 0 Å². The number of phosphoric acid groups is 1. The van der Waals surface area contributed by atoms with Gasteiger partial charge >= 0.3 is 65.1 Å². The summed E-state index contributed by atoms with van der Waals surface area (Å²) < 4.78 is 62.4. The van der Waals surface area contributed by atoms with E-state index in [-0.39, 0.29) is 112 Å². The van der Waals surface area contributed by atoms with Crippen LogP contribution in [0.1, 0.15) is 113 Å². The Morgan fingerprint density at radius 3 is 2.13 bits per heavy atom. The maximum atomic E-state index is 12.2. The summed E-state index contributed by atoms with van der Waals surface area (Å²) in [6.45, 7) is 14.9. The van der Waals surface area contributed by atoms with Crippen LogP contribution >= 0.6 is 7.82 Å². The minimum absolute atomic E-state index is 0. The molecule has 4 aliphatic rings. The largest absolute Gasteiger partial charge is 1.00 e. The third-order valence-corrected chi connectivity index (χ3v) is 13.8. The van der Waals surface area contributed by atoms with E-state index in [1.54, 1.807) is 0 Å². The number of hydrogen-bond acceptors (Lipinski definition) is 9. The second-order valence-corrected chi connectivity index (χ2v) is 17.3. The zero-order valence-corrected chi connectivity index (χ0v) is 34.6. The molecule has 0 amide bonds. The van der Waals surface area contributed by atoms with Gasteiger partial charge in [0, 0.05) is 6.92 Å². The van der Waals surface area contributed by atoms with Crippen molar-refractivity contribution < 1.29 is 105 Å². The number of ether oxygens (including phenoxy) is 1. The monoisotopic (exact) mass is 694 g/mol. The molecule has 0 bridgehead atoms. The van der Waals surface area contributed by atoms with Crippen LogP contribution in [0.15, 0.2) is 0 Å². The van der Waals surface area contributed by atoms with Crippen molar-refractivity contribution >= 4 is 24.2 Å². The van der Waals surface area contributed by atoms with Crippen molar-refractivity contribution in [2.45, 2.75) is 131 Å². The van der Waals surface area contributed by atoms with Crippen LogP contribution in [-0.2, 0) is 33.2 Å². The van der Waals surface area contributed by atoms with Gasteiger partial charge < -0.3 is 23.6 Å². The first-order valence-corrected chi connectivity index (χ1v) is 19.2. The molecular formula is C31H53Na2O10PS. The van der Waals surface area contributed by atoms with Gasteiger partial charge in [-0.2, -0.15) is 0 Å². The molecule has 4 rings (SSSR count). The van der Waals surface area contributed by atoms with Crippen molar-refractivity contribution in [3.05, 3.63) is 0 Å². The Morgan fingerprint density at radius 1 is 1.00 bits per heavy atom. The summed E-state index contributed by atoms with van der Waals surface area (Å²) in [4.78, 5) is 34.0. The molecule has 45 heavy (non-hydrogen) atoms. The van der Waals surface area contributed by atoms with E-state index in [1.165, 1.54) is 6.92 Å². The Hall–Kier alpha value is 1.45. The number of hydrogen-bond donors (Lipinski definition) is 1. The summed E-state index contributed by atoms with van der Waals surface area (Å²) in [6, 6.07) is 0. The van der Waals surface area contributed by atoms with Crippen LogP contribution in [0.4, 0.5) is 0 Å². The average molecular weight is 695 g/mol. The molecule has 13 atom stereocenters. The molecule has 14 heteroatoms. The van der Waals surface area contributed by atoms with Gasteiger partial charge in [-0.3, -0.25) is 13.5 Å².